The van der Waals surface area contributed by atoms with Crippen LogP contribution >= 0.6 is 0 Å². The van der Waals surface area contributed by atoms with Crippen molar-refractivity contribution in [3.8, 4) is 22.6 Å². The summed E-state index contributed by atoms with van der Waals surface area (Å²) in [6, 6.07) is 11.0. The van der Waals surface area contributed by atoms with E-state index in [1.807, 2.05) is 18.2 Å². The van der Waals surface area contributed by atoms with Gasteiger partial charge in [-0.3, -0.25) is 0 Å². The van der Waals surface area contributed by atoms with Crippen LogP contribution in [0.5, 0.6) is 11.5 Å². The average Bonchev–Trinajstić information content (AvgIpc) is 3.08. The number of ether oxygens (including phenoxy) is 2. The molecule has 0 saturated heterocycles. The lowest BCUT2D eigenvalue weighted by molar-refractivity contribution is 0.355. The molecule has 0 fully saturated rings. The van der Waals surface area contributed by atoms with Gasteiger partial charge in [0.2, 0.25) is 0 Å². The Morgan fingerprint density at radius 2 is 1.64 bits per heavy atom. The monoisotopic (exact) mass is 378 g/mol. The van der Waals surface area contributed by atoms with Gasteiger partial charge in [-0.05, 0) is 35.2 Å². The Morgan fingerprint density at radius 3 is 2.32 bits per heavy atom. The molecule has 4 aromatic rings. The van der Waals surface area contributed by atoms with Crippen LogP contribution in [0.2, 0.25) is 0 Å². The van der Waals surface area contributed by atoms with Crippen LogP contribution < -0.4 is 15.1 Å². The first-order chi connectivity index (χ1) is 13.3. The van der Waals surface area contributed by atoms with Gasteiger partial charge in [-0.2, -0.15) is 0 Å². The number of rotatable bonds is 3. The largest absolute Gasteiger partial charge is 0.493 e. The number of benzene rings is 2. The summed E-state index contributed by atoms with van der Waals surface area (Å²) in [5.41, 5.74) is 3.02. The Hall–Kier alpha value is -3.21. The lowest BCUT2D eigenvalue weighted by atomic mass is 9.86. The molecule has 0 radical (unpaired) electrons. The fraction of sp³-hybridized carbons (Fsp3) is 0.261. The third-order valence-corrected chi connectivity index (χ3v) is 4.93. The van der Waals surface area contributed by atoms with Gasteiger partial charge in [-0.15, -0.1) is 0 Å². The topological polar surface area (TPSA) is 61.8 Å². The van der Waals surface area contributed by atoms with Gasteiger partial charge in [0.15, 0.2) is 11.5 Å². The predicted molar refractivity (Wildman–Crippen MR) is 109 cm³/mol. The third kappa shape index (κ3) is 2.93. The molecule has 2 aromatic heterocycles. The molecule has 0 spiro atoms. The first-order valence-corrected chi connectivity index (χ1v) is 9.04. The second kappa shape index (κ2) is 6.44. The van der Waals surface area contributed by atoms with Gasteiger partial charge in [-0.25, -0.2) is 4.79 Å². The fourth-order valence-corrected chi connectivity index (χ4v) is 3.43. The van der Waals surface area contributed by atoms with Crippen molar-refractivity contribution in [2.45, 2.75) is 26.2 Å². The van der Waals surface area contributed by atoms with Crippen molar-refractivity contribution in [3.63, 3.8) is 0 Å². The van der Waals surface area contributed by atoms with Crippen LogP contribution in [0.3, 0.4) is 0 Å². The van der Waals surface area contributed by atoms with E-state index in [1.54, 1.807) is 38.7 Å². The zero-order valence-electron chi connectivity index (χ0n) is 16.6. The van der Waals surface area contributed by atoms with Crippen molar-refractivity contribution >= 4 is 21.9 Å². The molecule has 0 bridgehead atoms. The molecule has 2 aromatic carbocycles. The van der Waals surface area contributed by atoms with Gasteiger partial charge in [0, 0.05) is 22.4 Å². The minimum Gasteiger partial charge on any atom is -0.493 e. The highest BCUT2D eigenvalue weighted by Gasteiger charge is 2.21. The molecular weight excluding hydrogens is 356 g/mol. The molecular formula is C23H22O5. The van der Waals surface area contributed by atoms with E-state index in [2.05, 4.69) is 20.8 Å². The van der Waals surface area contributed by atoms with Gasteiger partial charge in [-0.1, -0.05) is 26.8 Å². The Bertz CT molecular complexity index is 1240. The summed E-state index contributed by atoms with van der Waals surface area (Å²) in [7, 11) is 3.14. The van der Waals surface area contributed by atoms with Crippen LogP contribution in [0.4, 0.5) is 0 Å². The molecule has 28 heavy (non-hydrogen) atoms. The molecule has 144 valence electrons. The highest BCUT2D eigenvalue weighted by molar-refractivity contribution is 5.96. The van der Waals surface area contributed by atoms with Crippen molar-refractivity contribution in [1.29, 1.82) is 0 Å². The van der Waals surface area contributed by atoms with Gasteiger partial charge in [0.05, 0.1) is 26.0 Å². The Kier molecular flexibility index (Phi) is 4.18. The number of furan rings is 1. The molecule has 2 heterocycles. The number of hydrogen-bond donors (Lipinski definition) is 0. The van der Waals surface area contributed by atoms with E-state index in [1.165, 1.54) is 0 Å². The normalized spacial score (nSPS) is 11.9. The second-order valence-corrected chi connectivity index (χ2v) is 7.80. The summed E-state index contributed by atoms with van der Waals surface area (Å²) < 4.78 is 21.9. The minimum atomic E-state index is -0.415. The van der Waals surface area contributed by atoms with E-state index in [0.717, 1.165) is 16.3 Å². The van der Waals surface area contributed by atoms with Crippen molar-refractivity contribution in [3.05, 3.63) is 58.6 Å². The molecule has 0 aliphatic rings. The smallest absolute Gasteiger partial charge is 0.344 e. The lowest BCUT2D eigenvalue weighted by Gasteiger charge is -2.16. The second-order valence-electron chi connectivity index (χ2n) is 7.80. The lowest BCUT2D eigenvalue weighted by Crippen LogP contribution is -2.09. The Morgan fingerprint density at radius 1 is 0.893 bits per heavy atom. The predicted octanol–water partition coefficient (Wildman–Crippen LogP) is 5.52. The van der Waals surface area contributed by atoms with Gasteiger partial charge in [0.1, 0.15) is 11.2 Å². The molecule has 0 aliphatic heterocycles. The summed E-state index contributed by atoms with van der Waals surface area (Å²) in [6.45, 7) is 6.42. The highest BCUT2D eigenvalue weighted by Crippen LogP contribution is 2.36. The Balaban J connectivity index is 1.94. The van der Waals surface area contributed by atoms with Crippen molar-refractivity contribution in [1.82, 2.24) is 0 Å². The molecule has 0 saturated carbocycles. The van der Waals surface area contributed by atoms with Crippen molar-refractivity contribution in [2.75, 3.05) is 14.2 Å². The van der Waals surface area contributed by atoms with E-state index in [-0.39, 0.29) is 5.41 Å². The van der Waals surface area contributed by atoms with E-state index in [0.29, 0.717) is 33.8 Å². The maximum Gasteiger partial charge on any atom is 0.344 e. The zero-order chi connectivity index (χ0) is 20.1. The molecule has 0 aliphatic carbocycles. The molecule has 5 nitrogen and oxygen atoms in total. The molecule has 0 atom stereocenters. The van der Waals surface area contributed by atoms with Crippen molar-refractivity contribution < 1.29 is 18.3 Å². The van der Waals surface area contributed by atoms with Crippen LogP contribution in [0.25, 0.3) is 33.1 Å². The first-order valence-electron chi connectivity index (χ1n) is 9.04. The number of fused-ring (bicyclic) bond motifs is 2. The average molecular weight is 378 g/mol. The number of hydrogen-bond acceptors (Lipinski definition) is 5. The van der Waals surface area contributed by atoms with E-state index in [9.17, 15) is 4.79 Å². The molecule has 0 unspecified atom stereocenters. The van der Waals surface area contributed by atoms with Crippen LogP contribution in [0.15, 0.2) is 56.3 Å². The van der Waals surface area contributed by atoms with Crippen LogP contribution in [0, 0.1) is 0 Å². The molecule has 0 N–H and O–H groups in total. The summed E-state index contributed by atoms with van der Waals surface area (Å²) in [5, 5.41) is 1.86. The summed E-state index contributed by atoms with van der Waals surface area (Å²) in [4.78, 5) is 12.6. The molecule has 5 heteroatoms. The molecule has 4 rings (SSSR count). The van der Waals surface area contributed by atoms with Crippen molar-refractivity contribution in [2.24, 2.45) is 0 Å². The SMILES string of the molecule is COc1ccc(-c2cc3cc4c(C(C)(C)C)coc4cc3oc2=O)cc1OC. The summed E-state index contributed by atoms with van der Waals surface area (Å²) in [5.74, 6) is 1.16. The fourth-order valence-electron chi connectivity index (χ4n) is 3.43. The summed E-state index contributed by atoms with van der Waals surface area (Å²) in [6.07, 6.45) is 1.77. The van der Waals surface area contributed by atoms with Gasteiger partial charge < -0.3 is 18.3 Å². The van der Waals surface area contributed by atoms with Gasteiger partial charge >= 0.3 is 5.63 Å². The van der Waals surface area contributed by atoms with Crippen LogP contribution in [0.1, 0.15) is 26.3 Å². The van der Waals surface area contributed by atoms with Crippen LogP contribution in [-0.2, 0) is 5.41 Å². The maximum atomic E-state index is 12.6. The minimum absolute atomic E-state index is 0.0548. The van der Waals surface area contributed by atoms with Crippen LogP contribution in [-0.4, -0.2) is 14.2 Å². The quantitative estimate of drug-likeness (QED) is 0.439. The zero-order valence-corrected chi connectivity index (χ0v) is 16.6. The standard InChI is InChI=1S/C23H22O5/c1-23(2,3)17-12-27-20-11-19-14(9-16(17)20)8-15(22(24)28-19)13-6-7-18(25-4)21(10-13)26-5/h6-12H,1-5H3. The summed E-state index contributed by atoms with van der Waals surface area (Å²) >= 11 is 0. The maximum absolute atomic E-state index is 12.6. The molecule has 0 amide bonds. The first kappa shape index (κ1) is 18.2. The van der Waals surface area contributed by atoms with E-state index >= 15 is 0 Å². The van der Waals surface area contributed by atoms with Gasteiger partial charge in [0.25, 0.3) is 0 Å². The van der Waals surface area contributed by atoms with E-state index in [4.69, 9.17) is 18.3 Å². The highest BCUT2D eigenvalue weighted by atomic mass is 16.5. The van der Waals surface area contributed by atoms with E-state index < -0.39 is 5.63 Å². The third-order valence-electron chi connectivity index (χ3n) is 4.93. The number of methoxy groups -OCH3 is 2. The Labute approximate surface area is 162 Å².